The summed E-state index contributed by atoms with van der Waals surface area (Å²) in [7, 11) is 3.32. The van der Waals surface area contributed by atoms with E-state index in [1.165, 1.54) is 11.1 Å². The molecule has 0 amide bonds. The van der Waals surface area contributed by atoms with E-state index >= 15 is 0 Å². The molecule has 0 aromatic heterocycles. The molecule has 0 bridgehead atoms. The third-order valence-electron chi connectivity index (χ3n) is 7.36. The molecule has 1 fully saturated rings. The van der Waals surface area contributed by atoms with Crippen LogP contribution in [0.1, 0.15) is 42.4 Å². The molecule has 3 aromatic rings. The molecule has 5 rings (SSSR count). The van der Waals surface area contributed by atoms with E-state index < -0.39 is 5.97 Å². The molecule has 6 heteroatoms. The van der Waals surface area contributed by atoms with Gasteiger partial charge in [0.25, 0.3) is 0 Å². The van der Waals surface area contributed by atoms with Crippen molar-refractivity contribution in [3.05, 3.63) is 87.9 Å². The van der Waals surface area contributed by atoms with E-state index in [9.17, 15) is 9.90 Å². The lowest BCUT2D eigenvalue weighted by Gasteiger charge is -2.39. The number of carboxylic acids is 1. The zero-order valence-corrected chi connectivity index (χ0v) is 21.4. The van der Waals surface area contributed by atoms with Gasteiger partial charge in [0.1, 0.15) is 11.5 Å². The summed E-state index contributed by atoms with van der Waals surface area (Å²) in [5.74, 6) is 0.432. The van der Waals surface area contributed by atoms with E-state index in [0.717, 1.165) is 51.3 Å². The van der Waals surface area contributed by atoms with Gasteiger partial charge in [0.05, 0.1) is 25.8 Å². The quantitative estimate of drug-likeness (QED) is 0.358. The first-order valence-electron chi connectivity index (χ1n) is 11.8. The Morgan fingerprint density at radius 2 is 1.66 bits per heavy atom. The third kappa shape index (κ3) is 4.20. The highest BCUT2D eigenvalue weighted by atomic mass is 79.9. The normalized spacial score (nSPS) is 21.1. The molecule has 0 saturated heterocycles. The number of anilines is 1. The van der Waals surface area contributed by atoms with Crippen LogP contribution in [0, 0.1) is 5.92 Å². The average molecular weight is 534 g/mol. The van der Waals surface area contributed by atoms with Gasteiger partial charge in [-0.2, -0.15) is 0 Å². The van der Waals surface area contributed by atoms with Crippen molar-refractivity contribution in [2.75, 3.05) is 19.5 Å². The Bertz CT molecular complexity index is 1290. The smallest absolute Gasteiger partial charge is 0.306 e. The van der Waals surface area contributed by atoms with Crippen molar-refractivity contribution in [3.8, 4) is 11.5 Å². The molecule has 180 valence electrons. The molecule has 35 heavy (non-hydrogen) atoms. The Hall–Kier alpha value is -3.25. The van der Waals surface area contributed by atoms with Gasteiger partial charge < -0.3 is 19.9 Å². The maximum Gasteiger partial charge on any atom is 0.306 e. The van der Waals surface area contributed by atoms with Crippen LogP contribution in [-0.4, -0.2) is 25.3 Å². The fraction of sp³-hybridized carbons (Fsp3) is 0.276. The summed E-state index contributed by atoms with van der Waals surface area (Å²) >= 11 is 3.59. The number of halogens is 1. The zero-order valence-electron chi connectivity index (χ0n) is 19.8. The van der Waals surface area contributed by atoms with E-state index in [1.807, 2.05) is 18.2 Å². The first-order chi connectivity index (χ1) is 16.9. The molecule has 5 nitrogen and oxygen atoms in total. The number of allylic oxidation sites excluding steroid dienone is 1. The van der Waals surface area contributed by atoms with Crippen LogP contribution in [0.25, 0.3) is 11.3 Å². The summed E-state index contributed by atoms with van der Waals surface area (Å²) in [6, 6.07) is 22.6. The molecular formula is C29H28BrNO4. The number of hydrogen-bond acceptors (Lipinski definition) is 4. The number of hydrogen-bond donors (Lipinski definition) is 2. The monoisotopic (exact) mass is 533 g/mol. The molecule has 2 N–H and O–H groups in total. The van der Waals surface area contributed by atoms with Gasteiger partial charge in [-0.05, 0) is 72.7 Å². The lowest BCUT2D eigenvalue weighted by molar-refractivity contribution is -0.143. The molecule has 1 spiro atoms. The number of rotatable bonds is 6. The maximum absolute atomic E-state index is 11.8. The Kier molecular flexibility index (Phi) is 6.32. The van der Waals surface area contributed by atoms with E-state index in [0.29, 0.717) is 12.8 Å². The second kappa shape index (κ2) is 9.42. The predicted molar refractivity (Wildman–Crippen MR) is 142 cm³/mol. The number of methoxy groups -OCH3 is 2. The highest BCUT2D eigenvalue weighted by molar-refractivity contribution is 9.10. The van der Waals surface area contributed by atoms with E-state index in [-0.39, 0.29) is 11.3 Å². The molecule has 2 aliphatic carbocycles. The lowest BCUT2D eigenvalue weighted by Crippen LogP contribution is -2.34. The standard InChI is InChI=1S/C29H28BrNO4/c1-34-22-14-19(15-23(17-22)35-2)26-27(31-21-7-5-6-20(30)16-21)24-8-3-4-9-25(24)29(26)12-10-18(11-13-29)28(32)33/h3-9,14-18,31H,10-13H2,1-2H3,(H,32,33). The van der Waals surface area contributed by atoms with Crippen molar-refractivity contribution < 1.29 is 19.4 Å². The third-order valence-corrected chi connectivity index (χ3v) is 7.86. The number of nitrogens with one attached hydrogen (secondary N) is 1. The average Bonchev–Trinajstić information content (AvgIpc) is 3.13. The summed E-state index contributed by atoms with van der Waals surface area (Å²) < 4.78 is 12.2. The van der Waals surface area contributed by atoms with Crippen LogP contribution in [0.5, 0.6) is 11.5 Å². The van der Waals surface area contributed by atoms with E-state index in [1.54, 1.807) is 14.2 Å². The summed E-state index contributed by atoms with van der Waals surface area (Å²) in [6.45, 7) is 0. The second-order valence-corrected chi connectivity index (χ2v) is 10.1. The van der Waals surface area contributed by atoms with Crippen molar-refractivity contribution >= 4 is 38.9 Å². The van der Waals surface area contributed by atoms with Crippen molar-refractivity contribution in [1.82, 2.24) is 0 Å². The van der Waals surface area contributed by atoms with Crippen molar-refractivity contribution in [2.45, 2.75) is 31.1 Å². The van der Waals surface area contributed by atoms with E-state index in [4.69, 9.17) is 9.47 Å². The number of aliphatic carboxylic acids is 1. The highest BCUT2D eigenvalue weighted by Gasteiger charge is 2.48. The first-order valence-corrected chi connectivity index (χ1v) is 12.6. The minimum absolute atomic E-state index is 0.297. The summed E-state index contributed by atoms with van der Waals surface area (Å²) in [5.41, 5.74) is 6.31. The Morgan fingerprint density at radius 3 is 2.29 bits per heavy atom. The maximum atomic E-state index is 11.8. The molecule has 1 saturated carbocycles. The molecule has 0 radical (unpaired) electrons. The van der Waals surface area contributed by atoms with Crippen LogP contribution in [0.15, 0.2) is 71.2 Å². The van der Waals surface area contributed by atoms with Gasteiger partial charge >= 0.3 is 5.97 Å². The minimum Gasteiger partial charge on any atom is -0.497 e. The Balaban J connectivity index is 1.74. The van der Waals surface area contributed by atoms with Gasteiger partial charge in [-0.15, -0.1) is 0 Å². The summed E-state index contributed by atoms with van der Waals surface area (Å²) in [5, 5.41) is 13.4. The van der Waals surface area contributed by atoms with Crippen LogP contribution in [-0.2, 0) is 10.2 Å². The van der Waals surface area contributed by atoms with Gasteiger partial charge in [-0.3, -0.25) is 4.79 Å². The zero-order chi connectivity index (χ0) is 24.6. The molecule has 0 aliphatic heterocycles. The van der Waals surface area contributed by atoms with Crippen LogP contribution >= 0.6 is 15.9 Å². The Morgan fingerprint density at radius 1 is 0.971 bits per heavy atom. The van der Waals surface area contributed by atoms with Crippen LogP contribution in [0.4, 0.5) is 5.69 Å². The molecular weight excluding hydrogens is 506 g/mol. The SMILES string of the molecule is COc1cc(OC)cc(C2=C(Nc3cccc(Br)c3)c3ccccc3C23CCC(C(=O)O)CC3)c1. The first kappa shape index (κ1) is 23.5. The van der Waals surface area contributed by atoms with E-state index in [2.05, 4.69) is 69.8 Å². The number of carbonyl (C=O) groups is 1. The Labute approximate surface area is 213 Å². The molecule has 0 atom stereocenters. The number of ether oxygens (including phenoxy) is 2. The van der Waals surface area contributed by atoms with Crippen LogP contribution < -0.4 is 14.8 Å². The van der Waals surface area contributed by atoms with Crippen molar-refractivity contribution in [2.24, 2.45) is 5.92 Å². The van der Waals surface area contributed by atoms with Gasteiger partial charge in [0, 0.05) is 27.2 Å². The van der Waals surface area contributed by atoms with Crippen molar-refractivity contribution in [3.63, 3.8) is 0 Å². The van der Waals surface area contributed by atoms with Gasteiger partial charge in [0.15, 0.2) is 0 Å². The molecule has 0 heterocycles. The molecule has 0 unspecified atom stereocenters. The fourth-order valence-corrected chi connectivity index (χ4v) is 6.12. The number of carboxylic acid groups (broad SMARTS) is 1. The molecule has 2 aliphatic rings. The summed E-state index contributed by atoms with van der Waals surface area (Å²) in [4.78, 5) is 11.8. The summed E-state index contributed by atoms with van der Waals surface area (Å²) in [6.07, 6.45) is 2.80. The fourth-order valence-electron chi connectivity index (χ4n) is 5.72. The van der Waals surface area contributed by atoms with Gasteiger partial charge in [-0.25, -0.2) is 0 Å². The van der Waals surface area contributed by atoms with Crippen LogP contribution in [0.2, 0.25) is 0 Å². The van der Waals surface area contributed by atoms with Crippen molar-refractivity contribution in [1.29, 1.82) is 0 Å². The van der Waals surface area contributed by atoms with Crippen LogP contribution in [0.3, 0.4) is 0 Å². The molecule has 3 aromatic carbocycles. The van der Waals surface area contributed by atoms with Gasteiger partial charge in [-0.1, -0.05) is 46.3 Å². The van der Waals surface area contributed by atoms with Gasteiger partial charge in [0.2, 0.25) is 0 Å². The highest BCUT2D eigenvalue weighted by Crippen LogP contribution is 2.59. The lowest BCUT2D eigenvalue weighted by atomic mass is 9.63. The number of benzene rings is 3. The topological polar surface area (TPSA) is 67.8 Å². The predicted octanol–water partition coefficient (Wildman–Crippen LogP) is 6.97. The minimum atomic E-state index is -0.702. The second-order valence-electron chi connectivity index (χ2n) is 9.23. The largest absolute Gasteiger partial charge is 0.497 e. The number of fused-ring (bicyclic) bond motifs is 2.